The second kappa shape index (κ2) is 8.21. The van der Waals surface area contributed by atoms with Gasteiger partial charge in [0.15, 0.2) is 5.11 Å². The Kier molecular flexibility index (Phi) is 6.03. The standard InChI is InChI=1S/C18H19N3O2S/c1-12-4-5-13(2)16(10-12)20-18(24)21-19-11-14-6-8-15(9-7-14)17(22)23-3/h4-11H,1-3H3,(H2,20,21,24)/b19-11+. The van der Waals surface area contributed by atoms with Crippen molar-refractivity contribution in [2.24, 2.45) is 5.10 Å². The van der Waals surface area contributed by atoms with Gasteiger partial charge in [0.2, 0.25) is 0 Å². The van der Waals surface area contributed by atoms with Crippen molar-refractivity contribution in [1.82, 2.24) is 5.43 Å². The zero-order valence-corrected chi connectivity index (χ0v) is 14.6. The first kappa shape index (κ1) is 17.6. The number of anilines is 1. The number of thiocarbonyl (C=S) groups is 1. The van der Waals surface area contributed by atoms with Gasteiger partial charge in [-0.2, -0.15) is 5.10 Å². The summed E-state index contributed by atoms with van der Waals surface area (Å²) in [6.07, 6.45) is 1.62. The molecule has 0 radical (unpaired) electrons. The molecule has 0 atom stereocenters. The molecule has 124 valence electrons. The molecule has 2 N–H and O–H groups in total. The Morgan fingerprint density at radius 3 is 2.54 bits per heavy atom. The molecule has 0 spiro atoms. The molecule has 0 saturated heterocycles. The maximum absolute atomic E-state index is 11.4. The Morgan fingerprint density at radius 1 is 1.17 bits per heavy atom. The molecule has 2 aromatic rings. The predicted octanol–water partition coefficient (Wildman–Crippen LogP) is 3.41. The minimum Gasteiger partial charge on any atom is -0.465 e. The lowest BCUT2D eigenvalue weighted by molar-refractivity contribution is 0.0600. The van der Waals surface area contributed by atoms with Crippen LogP contribution in [0.2, 0.25) is 0 Å². The van der Waals surface area contributed by atoms with E-state index in [9.17, 15) is 4.79 Å². The van der Waals surface area contributed by atoms with Crippen LogP contribution in [0.15, 0.2) is 47.6 Å². The first-order valence-corrected chi connectivity index (χ1v) is 7.76. The van der Waals surface area contributed by atoms with Gasteiger partial charge in [-0.1, -0.05) is 24.3 Å². The average Bonchev–Trinajstić information content (AvgIpc) is 2.58. The van der Waals surface area contributed by atoms with E-state index in [1.54, 1.807) is 30.5 Å². The smallest absolute Gasteiger partial charge is 0.337 e. The normalized spacial score (nSPS) is 10.5. The molecule has 0 amide bonds. The summed E-state index contributed by atoms with van der Waals surface area (Å²) in [5.41, 5.74) is 7.31. The van der Waals surface area contributed by atoms with E-state index in [0.29, 0.717) is 10.7 Å². The third kappa shape index (κ3) is 4.89. The average molecular weight is 341 g/mol. The molecule has 0 aliphatic carbocycles. The molecule has 0 bridgehead atoms. The lowest BCUT2D eigenvalue weighted by Gasteiger charge is -2.10. The summed E-state index contributed by atoms with van der Waals surface area (Å²) in [4.78, 5) is 11.4. The number of benzene rings is 2. The van der Waals surface area contributed by atoms with Gasteiger partial charge in [0.25, 0.3) is 0 Å². The van der Waals surface area contributed by atoms with Crippen molar-refractivity contribution in [3.63, 3.8) is 0 Å². The molecule has 0 aromatic heterocycles. The maximum Gasteiger partial charge on any atom is 0.337 e. The number of aryl methyl sites for hydroxylation is 2. The Hall–Kier alpha value is -2.73. The lowest BCUT2D eigenvalue weighted by atomic mass is 10.1. The number of hydrogen-bond acceptors (Lipinski definition) is 4. The number of esters is 1. The Bertz CT molecular complexity index is 770. The van der Waals surface area contributed by atoms with E-state index in [4.69, 9.17) is 12.2 Å². The zero-order chi connectivity index (χ0) is 17.5. The number of carbonyl (C=O) groups is 1. The van der Waals surface area contributed by atoms with Crippen molar-refractivity contribution in [3.05, 3.63) is 64.7 Å². The number of methoxy groups -OCH3 is 1. The van der Waals surface area contributed by atoms with Gasteiger partial charge in [0.05, 0.1) is 18.9 Å². The minimum absolute atomic E-state index is 0.365. The maximum atomic E-state index is 11.4. The van der Waals surface area contributed by atoms with Gasteiger partial charge in [-0.25, -0.2) is 4.79 Å². The van der Waals surface area contributed by atoms with Gasteiger partial charge in [0.1, 0.15) is 0 Å². The van der Waals surface area contributed by atoms with Crippen LogP contribution in [0.4, 0.5) is 5.69 Å². The summed E-state index contributed by atoms with van der Waals surface area (Å²) in [7, 11) is 1.35. The molecular formula is C18H19N3O2S. The van der Waals surface area contributed by atoms with E-state index in [0.717, 1.165) is 22.4 Å². The van der Waals surface area contributed by atoms with Crippen LogP contribution in [-0.2, 0) is 4.74 Å². The SMILES string of the molecule is COC(=O)c1ccc(/C=N/NC(=S)Nc2cc(C)ccc2C)cc1. The molecule has 0 unspecified atom stereocenters. The highest BCUT2D eigenvalue weighted by atomic mass is 32.1. The fourth-order valence-corrected chi connectivity index (χ4v) is 2.17. The van der Waals surface area contributed by atoms with Crippen molar-refractivity contribution >= 4 is 35.2 Å². The molecule has 0 aliphatic heterocycles. The molecule has 2 aromatic carbocycles. The van der Waals surface area contributed by atoms with Crippen molar-refractivity contribution in [2.45, 2.75) is 13.8 Å². The number of hydrogen-bond donors (Lipinski definition) is 2. The van der Waals surface area contributed by atoms with E-state index >= 15 is 0 Å². The summed E-state index contributed by atoms with van der Waals surface area (Å²) in [6, 6.07) is 13.0. The predicted molar refractivity (Wildman–Crippen MR) is 101 cm³/mol. The van der Waals surface area contributed by atoms with E-state index in [1.807, 2.05) is 32.0 Å². The number of carbonyl (C=O) groups excluding carboxylic acids is 1. The van der Waals surface area contributed by atoms with E-state index in [1.165, 1.54) is 7.11 Å². The largest absolute Gasteiger partial charge is 0.465 e. The first-order chi connectivity index (χ1) is 11.5. The summed E-state index contributed by atoms with van der Waals surface area (Å²) < 4.78 is 4.65. The van der Waals surface area contributed by atoms with Crippen molar-refractivity contribution in [1.29, 1.82) is 0 Å². The van der Waals surface area contributed by atoms with Gasteiger partial charge in [-0.05, 0) is 61.0 Å². The van der Waals surface area contributed by atoms with Crippen LogP contribution in [0.5, 0.6) is 0 Å². The van der Waals surface area contributed by atoms with Crippen molar-refractivity contribution in [3.8, 4) is 0 Å². The zero-order valence-electron chi connectivity index (χ0n) is 13.8. The first-order valence-electron chi connectivity index (χ1n) is 7.35. The highest BCUT2D eigenvalue weighted by Gasteiger charge is 2.03. The van der Waals surface area contributed by atoms with Crippen LogP contribution in [-0.4, -0.2) is 24.4 Å². The van der Waals surface area contributed by atoms with Crippen LogP contribution in [0.25, 0.3) is 0 Å². The van der Waals surface area contributed by atoms with Crippen LogP contribution in [0.1, 0.15) is 27.0 Å². The summed E-state index contributed by atoms with van der Waals surface area (Å²) in [5, 5.41) is 7.61. The van der Waals surface area contributed by atoms with Gasteiger partial charge in [-0.15, -0.1) is 0 Å². The number of ether oxygens (including phenoxy) is 1. The summed E-state index contributed by atoms with van der Waals surface area (Å²) in [5.74, 6) is -0.365. The van der Waals surface area contributed by atoms with Crippen molar-refractivity contribution in [2.75, 3.05) is 12.4 Å². The number of nitrogens with one attached hydrogen (secondary N) is 2. The van der Waals surface area contributed by atoms with Crippen LogP contribution >= 0.6 is 12.2 Å². The molecule has 0 heterocycles. The highest BCUT2D eigenvalue weighted by molar-refractivity contribution is 7.80. The lowest BCUT2D eigenvalue weighted by Crippen LogP contribution is -2.24. The fourth-order valence-electron chi connectivity index (χ4n) is 2.01. The quantitative estimate of drug-likeness (QED) is 0.386. The van der Waals surface area contributed by atoms with Gasteiger partial charge >= 0.3 is 5.97 Å². The third-order valence-electron chi connectivity index (χ3n) is 3.35. The monoisotopic (exact) mass is 341 g/mol. The van der Waals surface area contributed by atoms with Crippen LogP contribution in [0, 0.1) is 13.8 Å². The number of hydrazone groups is 1. The molecule has 5 nitrogen and oxygen atoms in total. The molecule has 2 rings (SSSR count). The van der Waals surface area contributed by atoms with Gasteiger partial charge in [0, 0.05) is 5.69 Å². The Balaban J connectivity index is 1.92. The molecule has 6 heteroatoms. The van der Waals surface area contributed by atoms with Crippen LogP contribution in [0.3, 0.4) is 0 Å². The number of nitrogens with zero attached hydrogens (tertiary/aromatic N) is 1. The van der Waals surface area contributed by atoms with E-state index < -0.39 is 0 Å². The fraction of sp³-hybridized carbons (Fsp3) is 0.167. The molecule has 0 aliphatic rings. The minimum atomic E-state index is -0.365. The second-order valence-corrected chi connectivity index (χ2v) is 5.66. The van der Waals surface area contributed by atoms with Gasteiger partial charge in [-0.3, -0.25) is 5.43 Å². The second-order valence-electron chi connectivity index (χ2n) is 5.26. The molecule has 24 heavy (non-hydrogen) atoms. The highest BCUT2D eigenvalue weighted by Crippen LogP contribution is 2.16. The summed E-state index contributed by atoms with van der Waals surface area (Å²) >= 11 is 5.23. The third-order valence-corrected chi connectivity index (χ3v) is 3.55. The van der Waals surface area contributed by atoms with Gasteiger partial charge < -0.3 is 10.1 Å². The number of rotatable bonds is 4. The molecule has 0 saturated carbocycles. The summed E-state index contributed by atoms with van der Waals surface area (Å²) in [6.45, 7) is 4.04. The topological polar surface area (TPSA) is 62.7 Å². The van der Waals surface area contributed by atoms with Crippen molar-refractivity contribution < 1.29 is 9.53 Å². The van der Waals surface area contributed by atoms with E-state index in [-0.39, 0.29) is 5.97 Å². The van der Waals surface area contributed by atoms with E-state index in [2.05, 4.69) is 20.6 Å². The molecular weight excluding hydrogens is 322 g/mol. The Morgan fingerprint density at radius 2 is 1.88 bits per heavy atom. The Labute approximate surface area is 146 Å². The van der Waals surface area contributed by atoms with Crippen LogP contribution < -0.4 is 10.7 Å². The molecule has 0 fully saturated rings.